The standard InChI is InChI=1S/C21H19F3N4/c1-14-4-2-3-5-19(14)28-11-10-18-17(12-28)20(26-13-25-18)27-16-8-6-15(7-9-16)21(22,23)24/h2-9,13H,10-12H2,1H3,(H,25,26,27). The molecule has 0 atom stereocenters. The topological polar surface area (TPSA) is 41.1 Å². The molecular weight excluding hydrogens is 365 g/mol. The predicted molar refractivity (Wildman–Crippen MR) is 103 cm³/mol. The van der Waals surface area contributed by atoms with E-state index >= 15 is 0 Å². The largest absolute Gasteiger partial charge is 0.416 e. The summed E-state index contributed by atoms with van der Waals surface area (Å²) in [5.41, 5.74) is 4.18. The van der Waals surface area contributed by atoms with Crippen LogP contribution in [0, 0.1) is 6.92 Å². The highest BCUT2D eigenvalue weighted by molar-refractivity contribution is 5.63. The number of nitrogens with one attached hydrogen (secondary N) is 1. The molecule has 3 aromatic rings. The number of halogens is 3. The van der Waals surface area contributed by atoms with Gasteiger partial charge in [-0.25, -0.2) is 9.97 Å². The first-order chi connectivity index (χ1) is 13.4. The number of hydrogen-bond donors (Lipinski definition) is 1. The third kappa shape index (κ3) is 3.65. The summed E-state index contributed by atoms with van der Waals surface area (Å²) in [6, 6.07) is 13.2. The lowest BCUT2D eigenvalue weighted by molar-refractivity contribution is -0.137. The van der Waals surface area contributed by atoms with E-state index in [1.807, 2.05) is 12.1 Å². The molecule has 0 spiro atoms. The minimum atomic E-state index is -4.35. The van der Waals surface area contributed by atoms with E-state index in [-0.39, 0.29) is 0 Å². The molecular formula is C21H19F3N4. The highest BCUT2D eigenvalue weighted by Gasteiger charge is 2.30. The van der Waals surface area contributed by atoms with Crippen LogP contribution in [0.15, 0.2) is 54.9 Å². The first kappa shape index (κ1) is 18.3. The van der Waals surface area contributed by atoms with Crippen molar-refractivity contribution < 1.29 is 13.2 Å². The number of hydrogen-bond acceptors (Lipinski definition) is 4. The van der Waals surface area contributed by atoms with Crippen molar-refractivity contribution in [3.05, 3.63) is 77.2 Å². The van der Waals surface area contributed by atoms with E-state index < -0.39 is 11.7 Å². The molecule has 144 valence electrons. The summed E-state index contributed by atoms with van der Waals surface area (Å²) in [6.45, 7) is 3.58. The molecule has 0 amide bonds. The van der Waals surface area contributed by atoms with Crippen LogP contribution in [-0.2, 0) is 19.1 Å². The van der Waals surface area contributed by atoms with E-state index in [1.165, 1.54) is 24.0 Å². The Morgan fingerprint density at radius 3 is 2.46 bits per heavy atom. The van der Waals surface area contributed by atoms with E-state index in [0.717, 1.165) is 42.0 Å². The highest BCUT2D eigenvalue weighted by atomic mass is 19.4. The van der Waals surface area contributed by atoms with Gasteiger partial charge in [0.25, 0.3) is 0 Å². The molecule has 0 bridgehead atoms. The number of aryl methyl sites for hydroxylation is 1. The molecule has 2 aromatic carbocycles. The Morgan fingerprint density at radius 1 is 1.00 bits per heavy atom. The number of aromatic nitrogens is 2. The molecule has 1 N–H and O–H groups in total. The quantitative estimate of drug-likeness (QED) is 0.681. The second-order valence-corrected chi connectivity index (χ2v) is 6.81. The Bertz CT molecular complexity index is 984. The Balaban J connectivity index is 1.60. The minimum Gasteiger partial charge on any atom is -0.366 e. The third-order valence-electron chi connectivity index (χ3n) is 4.93. The normalized spacial score (nSPS) is 13.9. The Morgan fingerprint density at radius 2 is 1.75 bits per heavy atom. The van der Waals surface area contributed by atoms with Crippen molar-refractivity contribution in [1.82, 2.24) is 9.97 Å². The molecule has 1 aliphatic heterocycles. The van der Waals surface area contributed by atoms with Crippen LogP contribution in [-0.4, -0.2) is 16.5 Å². The van der Waals surface area contributed by atoms with Crippen LogP contribution in [0.2, 0.25) is 0 Å². The molecule has 1 aromatic heterocycles. The van der Waals surface area contributed by atoms with Gasteiger partial charge < -0.3 is 10.2 Å². The van der Waals surface area contributed by atoms with Gasteiger partial charge >= 0.3 is 6.18 Å². The summed E-state index contributed by atoms with van der Waals surface area (Å²) in [6.07, 6.45) is -2.07. The molecule has 0 radical (unpaired) electrons. The number of anilines is 3. The van der Waals surface area contributed by atoms with E-state index in [9.17, 15) is 13.2 Å². The predicted octanol–water partition coefficient (Wildman–Crippen LogP) is 5.11. The molecule has 0 fully saturated rings. The Hall–Kier alpha value is -3.09. The summed E-state index contributed by atoms with van der Waals surface area (Å²) >= 11 is 0. The Labute approximate surface area is 161 Å². The van der Waals surface area contributed by atoms with Gasteiger partial charge in [0, 0.05) is 36.4 Å². The Kier molecular flexibility index (Phi) is 4.66. The number of nitrogens with zero attached hydrogens (tertiary/aromatic N) is 3. The number of rotatable bonds is 3. The van der Waals surface area contributed by atoms with Gasteiger partial charge in [-0.2, -0.15) is 13.2 Å². The van der Waals surface area contributed by atoms with Gasteiger partial charge in [0.05, 0.1) is 11.3 Å². The van der Waals surface area contributed by atoms with Crippen LogP contribution in [0.5, 0.6) is 0 Å². The maximum absolute atomic E-state index is 12.8. The third-order valence-corrected chi connectivity index (χ3v) is 4.93. The average Bonchev–Trinajstić information content (AvgIpc) is 2.68. The fraction of sp³-hybridized carbons (Fsp3) is 0.238. The smallest absolute Gasteiger partial charge is 0.366 e. The van der Waals surface area contributed by atoms with Gasteiger partial charge in [0.2, 0.25) is 0 Å². The molecule has 0 saturated heterocycles. The van der Waals surface area contributed by atoms with Gasteiger partial charge in [0.15, 0.2) is 0 Å². The van der Waals surface area contributed by atoms with Gasteiger partial charge in [-0.1, -0.05) is 18.2 Å². The van der Waals surface area contributed by atoms with Gasteiger partial charge in [-0.05, 0) is 42.8 Å². The first-order valence-corrected chi connectivity index (χ1v) is 8.99. The summed E-state index contributed by atoms with van der Waals surface area (Å²) < 4.78 is 38.3. The zero-order chi connectivity index (χ0) is 19.7. The van der Waals surface area contributed by atoms with E-state index in [0.29, 0.717) is 18.1 Å². The molecule has 28 heavy (non-hydrogen) atoms. The van der Waals surface area contributed by atoms with Crippen LogP contribution in [0.3, 0.4) is 0 Å². The van der Waals surface area contributed by atoms with Crippen LogP contribution in [0.1, 0.15) is 22.4 Å². The average molecular weight is 384 g/mol. The fourth-order valence-electron chi connectivity index (χ4n) is 3.45. The van der Waals surface area contributed by atoms with Crippen LogP contribution >= 0.6 is 0 Å². The molecule has 0 aliphatic carbocycles. The van der Waals surface area contributed by atoms with Gasteiger partial charge in [-0.3, -0.25) is 0 Å². The summed E-state index contributed by atoms with van der Waals surface area (Å²) in [5.74, 6) is 0.628. The fourth-order valence-corrected chi connectivity index (χ4v) is 3.45. The van der Waals surface area contributed by atoms with Gasteiger partial charge in [-0.15, -0.1) is 0 Å². The van der Waals surface area contributed by atoms with Crippen molar-refractivity contribution in [2.75, 3.05) is 16.8 Å². The zero-order valence-corrected chi connectivity index (χ0v) is 15.3. The lowest BCUT2D eigenvalue weighted by atomic mass is 10.0. The van der Waals surface area contributed by atoms with Crippen molar-refractivity contribution in [1.29, 1.82) is 0 Å². The van der Waals surface area contributed by atoms with Gasteiger partial charge in [0.1, 0.15) is 12.1 Å². The monoisotopic (exact) mass is 384 g/mol. The van der Waals surface area contributed by atoms with Crippen molar-refractivity contribution in [3.8, 4) is 0 Å². The van der Waals surface area contributed by atoms with Crippen molar-refractivity contribution in [3.63, 3.8) is 0 Å². The van der Waals surface area contributed by atoms with Crippen molar-refractivity contribution in [2.45, 2.75) is 26.1 Å². The molecule has 0 saturated carbocycles. The van der Waals surface area contributed by atoms with Crippen LogP contribution < -0.4 is 10.2 Å². The number of para-hydroxylation sites is 1. The van der Waals surface area contributed by atoms with Crippen molar-refractivity contribution >= 4 is 17.2 Å². The minimum absolute atomic E-state index is 0.557. The molecule has 4 rings (SSSR count). The van der Waals surface area contributed by atoms with Crippen LogP contribution in [0.25, 0.3) is 0 Å². The SMILES string of the molecule is Cc1ccccc1N1CCc2ncnc(Nc3ccc(C(F)(F)F)cc3)c2C1. The summed E-state index contributed by atoms with van der Waals surface area (Å²) in [5, 5.41) is 3.15. The molecule has 0 unspecified atom stereocenters. The highest BCUT2D eigenvalue weighted by Crippen LogP contribution is 2.32. The second-order valence-electron chi connectivity index (χ2n) is 6.81. The molecule has 7 heteroatoms. The van der Waals surface area contributed by atoms with E-state index in [1.54, 1.807) is 0 Å². The lowest BCUT2D eigenvalue weighted by Gasteiger charge is -2.32. The molecule has 4 nitrogen and oxygen atoms in total. The van der Waals surface area contributed by atoms with Crippen LogP contribution in [0.4, 0.5) is 30.4 Å². The second kappa shape index (κ2) is 7.14. The number of alkyl halides is 3. The molecule has 2 heterocycles. The number of fused-ring (bicyclic) bond motifs is 1. The van der Waals surface area contributed by atoms with E-state index in [2.05, 4.69) is 39.2 Å². The summed E-state index contributed by atoms with van der Waals surface area (Å²) in [7, 11) is 0. The maximum Gasteiger partial charge on any atom is 0.416 e. The molecule has 1 aliphatic rings. The van der Waals surface area contributed by atoms with Crippen molar-refractivity contribution in [2.24, 2.45) is 0 Å². The summed E-state index contributed by atoms with van der Waals surface area (Å²) in [4.78, 5) is 11.0. The maximum atomic E-state index is 12.8. The zero-order valence-electron chi connectivity index (χ0n) is 15.3. The van der Waals surface area contributed by atoms with E-state index in [4.69, 9.17) is 0 Å². The lowest BCUT2D eigenvalue weighted by Crippen LogP contribution is -2.32. The first-order valence-electron chi connectivity index (χ1n) is 8.99. The number of benzene rings is 2.